The van der Waals surface area contributed by atoms with E-state index in [9.17, 15) is 4.79 Å². The Morgan fingerprint density at radius 3 is 2.45 bits per heavy atom. The van der Waals surface area contributed by atoms with Crippen LogP contribution >= 0.6 is 0 Å². The zero-order valence-electron chi connectivity index (χ0n) is 14.3. The van der Waals surface area contributed by atoms with Crippen molar-refractivity contribution in [3.63, 3.8) is 0 Å². The first-order chi connectivity index (χ1) is 10.5. The monoisotopic (exact) mass is 304 g/mol. The summed E-state index contributed by atoms with van der Waals surface area (Å²) in [5.41, 5.74) is 2.89. The Balaban J connectivity index is 2.04. The molecular formula is C18H28N2O2. The molecule has 22 heavy (non-hydrogen) atoms. The van der Waals surface area contributed by atoms with Crippen LogP contribution in [-0.4, -0.2) is 62.0 Å². The summed E-state index contributed by atoms with van der Waals surface area (Å²) in [5, 5.41) is 0. The van der Waals surface area contributed by atoms with Gasteiger partial charge in [-0.3, -0.25) is 9.69 Å². The molecule has 0 spiro atoms. The molecule has 1 aliphatic rings. The Kier molecular flexibility index (Phi) is 5.98. The summed E-state index contributed by atoms with van der Waals surface area (Å²) in [6.07, 6.45) is 0.989. The van der Waals surface area contributed by atoms with Gasteiger partial charge in [0.2, 0.25) is 0 Å². The number of likely N-dealkylation sites (N-methyl/N-ethyl adjacent to an activating group) is 1. The van der Waals surface area contributed by atoms with Crippen molar-refractivity contribution in [2.45, 2.75) is 27.2 Å². The number of ether oxygens (including phenoxy) is 1. The fraction of sp³-hybridized carbons (Fsp3) is 0.611. The molecule has 122 valence electrons. The molecule has 0 radical (unpaired) electrons. The number of hydrogen-bond acceptors (Lipinski definition) is 4. The average molecular weight is 304 g/mol. The number of nitrogens with zero attached hydrogens (tertiary/aromatic N) is 2. The van der Waals surface area contributed by atoms with Crippen LogP contribution < -0.4 is 4.74 Å². The molecule has 0 bridgehead atoms. The molecular weight excluding hydrogens is 276 g/mol. The van der Waals surface area contributed by atoms with Crippen LogP contribution in [0.5, 0.6) is 5.75 Å². The van der Waals surface area contributed by atoms with Crippen LogP contribution in [0.2, 0.25) is 0 Å². The van der Waals surface area contributed by atoms with E-state index in [4.69, 9.17) is 4.74 Å². The lowest BCUT2D eigenvalue weighted by molar-refractivity contribution is 0.0875. The number of hydrogen-bond donors (Lipinski definition) is 0. The van der Waals surface area contributed by atoms with Crippen molar-refractivity contribution in [1.82, 2.24) is 9.80 Å². The van der Waals surface area contributed by atoms with Gasteiger partial charge in [0.25, 0.3) is 0 Å². The maximum absolute atomic E-state index is 12.6. The highest BCUT2D eigenvalue weighted by Gasteiger charge is 2.19. The predicted molar refractivity (Wildman–Crippen MR) is 90.0 cm³/mol. The van der Waals surface area contributed by atoms with Gasteiger partial charge in [-0.1, -0.05) is 6.92 Å². The lowest BCUT2D eigenvalue weighted by atomic mass is 10.0. The molecule has 1 fully saturated rings. The minimum atomic E-state index is 0.215. The molecule has 0 N–H and O–H groups in total. The molecule has 2 rings (SSSR count). The fourth-order valence-corrected chi connectivity index (χ4v) is 2.75. The van der Waals surface area contributed by atoms with E-state index in [0.717, 1.165) is 61.6 Å². The number of Topliss-reactive ketones (excluding diaryl/α,β-unsaturated/α-hetero) is 1. The predicted octanol–water partition coefficient (Wildman–Crippen LogP) is 2.52. The Hall–Kier alpha value is -1.39. The second-order valence-corrected chi connectivity index (χ2v) is 6.28. The van der Waals surface area contributed by atoms with Crippen molar-refractivity contribution in [3.05, 3.63) is 28.8 Å². The highest BCUT2D eigenvalue weighted by molar-refractivity contribution is 5.99. The van der Waals surface area contributed by atoms with Crippen molar-refractivity contribution < 1.29 is 9.53 Å². The Labute approximate surface area is 134 Å². The van der Waals surface area contributed by atoms with Gasteiger partial charge >= 0.3 is 0 Å². The molecule has 0 amide bonds. The van der Waals surface area contributed by atoms with Gasteiger partial charge in [-0.2, -0.15) is 0 Å². The van der Waals surface area contributed by atoms with Gasteiger partial charge in [0.1, 0.15) is 5.75 Å². The summed E-state index contributed by atoms with van der Waals surface area (Å²) >= 11 is 0. The van der Waals surface area contributed by atoms with Crippen molar-refractivity contribution in [2.24, 2.45) is 0 Å². The fourth-order valence-electron chi connectivity index (χ4n) is 2.75. The third-order valence-corrected chi connectivity index (χ3v) is 4.25. The van der Waals surface area contributed by atoms with Crippen LogP contribution in [0, 0.1) is 13.8 Å². The standard InChI is InChI=1S/C18H28N2O2/c1-5-10-22-18-12-14(2)16(11-15(18)3)17(21)13-20-8-6-19(4)7-9-20/h11-12H,5-10,13H2,1-4H3. The lowest BCUT2D eigenvalue weighted by Crippen LogP contribution is -2.46. The van der Waals surface area contributed by atoms with Crippen LogP contribution in [0.15, 0.2) is 12.1 Å². The lowest BCUT2D eigenvalue weighted by Gasteiger charge is -2.31. The van der Waals surface area contributed by atoms with Crippen LogP contribution in [0.4, 0.5) is 0 Å². The maximum atomic E-state index is 12.6. The number of rotatable bonds is 6. The van der Waals surface area contributed by atoms with Gasteiger partial charge in [-0.25, -0.2) is 0 Å². The SMILES string of the molecule is CCCOc1cc(C)c(C(=O)CN2CCN(C)CC2)cc1C. The summed E-state index contributed by atoms with van der Waals surface area (Å²) in [6, 6.07) is 3.99. The number of ketones is 1. The van der Waals surface area contributed by atoms with Crippen LogP contribution in [-0.2, 0) is 0 Å². The quantitative estimate of drug-likeness (QED) is 0.756. The number of piperazine rings is 1. The molecule has 0 saturated carbocycles. The third kappa shape index (κ3) is 4.31. The van der Waals surface area contributed by atoms with Crippen molar-refractivity contribution >= 4 is 5.78 Å². The smallest absolute Gasteiger partial charge is 0.177 e. The number of carbonyl (C=O) groups is 1. The van der Waals surface area contributed by atoms with Crippen molar-refractivity contribution in [1.29, 1.82) is 0 Å². The number of benzene rings is 1. The minimum Gasteiger partial charge on any atom is -0.493 e. The maximum Gasteiger partial charge on any atom is 0.177 e. The summed E-state index contributed by atoms with van der Waals surface area (Å²) in [4.78, 5) is 17.1. The Morgan fingerprint density at radius 1 is 1.14 bits per heavy atom. The molecule has 1 aliphatic heterocycles. The first-order valence-electron chi connectivity index (χ1n) is 8.19. The zero-order valence-corrected chi connectivity index (χ0v) is 14.3. The molecule has 0 atom stereocenters. The van der Waals surface area contributed by atoms with Crippen LogP contribution in [0.3, 0.4) is 0 Å². The summed E-state index contributed by atoms with van der Waals surface area (Å²) in [6.45, 7) is 11.3. The van der Waals surface area contributed by atoms with Gasteiger partial charge in [-0.15, -0.1) is 0 Å². The summed E-state index contributed by atoms with van der Waals surface area (Å²) in [7, 11) is 2.13. The van der Waals surface area contributed by atoms with Gasteiger partial charge in [0.05, 0.1) is 13.2 Å². The second-order valence-electron chi connectivity index (χ2n) is 6.28. The largest absolute Gasteiger partial charge is 0.493 e. The van der Waals surface area contributed by atoms with E-state index in [0.29, 0.717) is 6.54 Å². The van der Waals surface area contributed by atoms with Gasteiger partial charge in [0.15, 0.2) is 5.78 Å². The molecule has 1 saturated heterocycles. The van der Waals surface area contributed by atoms with E-state index in [1.54, 1.807) is 0 Å². The van der Waals surface area contributed by atoms with Gasteiger partial charge < -0.3 is 9.64 Å². The highest BCUT2D eigenvalue weighted by atomic mass is 16.5. The minimum absolute atomic E-state index is 0.215. The number of aryl methyl sites for hydroxylation is 2. The molecule has 1 aromatic rings. The van der Waals surface area contributed by atoms with E-state index in [1.807, 2.05) is 26.0 Å². The van der Waals surface area contributed by atoms with E-state index in [-0.39, 0.29) is 5.78 Å². The van der Waals surface area contributed by atoms with Crippen LogP contribution in [0.25, 0.3) is 0 Å². The first-order valence-corrected chi connectivity index (χ1v) is 8.19. The first kappa shape index (κ1) is 17.0. The zero-order chi connectivity index (χ0) is 16.1. The topological polar surface area (TPSA) is 32.8 Å². The molecule has 0 aliphatic carbocycles. The second kappa shape index (κ2) is 7.75. The molecule has 1 aromatic carbocycles. The number of carbonyl (C=O) groups excluding carboxylic acids is 1. The average Bonchev–Trinajstić information content (AvgIpc) is 2.50. The van der Waals surface area contributed by atoms with E-state index in [2.05, 4.69) is 23.8 Å². The molecule has 4 heteroatoms. The summed E-state index contributed by atoms with van der Waals surface area (Å²) in [5.74, 6) is 1.11. The van der Waals surface area contributed by atoms with Crippen LogP contribution in [0.1, 0.15) is 34.8 Å². The summed E-state index contributed by atoms with van der Waals surface area (Å²) < 4.78 is 5.74. The third-order valence-electron chi connectivity index (χ3n) is 4.25. The normalized spacial score (nSPS) is 16.7. The van der Waals surface area contributed by atoms with E-state index >= 15 is 0 Å². The highest BCUT2D eigenvalue weighted by Crippen LogP contribution is 2.23. The Bertz CT molecular complexity index is 520. The van der Waals surface area contributed by atoms with E-state index in [1.165, 1.54) is 0 Å². The van der Waals surface area contributed by atoms with Gasteiger partial charge in [0, 0.05) is 31.7 Å². The van der Waals surface area contributed by atoms with Crippen molar-refractivity contribution in [2.75, 3.05) is 46.4 Å². The molecule has 1 heterocycles. The van der Waals surface area contributed by atoms with E-state index < -0.39 is 0 Å². The van der Waals surface area contributed by atoms with Gasteiger partial charge in [-0.05, 0) is 50.6 Å². The molecule has 0 unspecified atom stereocenters. The molecule has 4 nitrogen and oxygen atoms in total. The molecule has 0 aromatic heterocycles. The Morgan fingerprint density at radius 2 is 1.82 bits per heavy atom. The van der Waals surface area contributed by atoms with Crippen molar-refractivity contribution in [3.8, 4) is 5.75 Å².